The molecular formula is C13H17N3O. The van der Waals surface area contributed by atoms with Gasteiger partial charge in [0, 0.05) is 12.2 Å². The topological polar surface area (TPSA) is 39.1 Å². The molecule has 1 aromatic carbocycles. The Morgan fingerprint density at radius 3 is 2.53 bits per heavy atom. The van der Waals surface area contributed by atoms with Crippen molar-refractivity contribution >= 4 is 0 Å². The highest BCUT2D eigenvalue weighted by atomic mass is 16.5. The van der Waals surface area contributed by atoms with Crippen molar-refractivity contribution in [2.45, 2.75) is 13.0 Å². The van der Waals surface area contributed by atoms with E-state index in [-0.39, 0.29) is 6.04 Å². The molecule has 17 heavy (non-hydrogen) atoms. The Morgan fingerprint density at radius 1 is 1.24 bits per heavy atom. The Kier molecular flexibility index (Phi) is 3.44. The van der Waals surface area contributed by atoms with E-state index in [1.165, 1.54) is 0 Å². The Bertz CT molecular complexity index is 476. The second kappa shape index (κ2) is 5.01. The lowest BCUT2D eigenvalue weighted by Crippen LogP contribution is -2.16. The van der Waals surface area contributed by atoms with Crippen LogP contribution in [-0.2, 0) is 0 Å². The standard InChI is InChI=1S/C13H17N3O/c1-10(14-2)13-8-9-15-16(13)11-4-6-12(17-3)7-5-11/h4-10,14H,1-3H3. The predicted octanol–water partition coefficient (Wildman–Crippen LogP) is 2.16. The van der Waals surface area contributed by atoms with E-state index in [0.717, 1.165) is 17.1 Å². The molecule has 4 heteroatoms. The fourth-order valence-corrected chi connectivity index (χ4v) is 1.73. The Hall–Kier alpha value is -1.81. The van der Waals surface area contributed by atoms with Crippen LogP contribution in [0.4, 0.5) is 0 Å². The minimum atomic E-state index is 0.264. The third-order valence-corrected chi connectivity index (χ3v) is 2.87. The number of nitrogens with zero attached hydrogens (tertiary/aromatic N) is 2. The zero-order valence-electron chi connectivity index (χ0n) is 10.3. The molecule has 0 amide bonds. The van der Waals surface area contributed by atoms with Crippen LogP contribution < -0.4 is 10.1 Å². The largest absolute Gasteiger partial charge is 0.497 e. The van der Waals surface area contributed by atoms with Crippen LogP contribution in [-0.4, -0.2) is 23.9 Å². The molecule has 1 unspecified atom stereocenters. The molecular weight excluding hydrogens is 214 g/mol. The van der Waals surface area contributed by atoms with Gasteiger partial charge >= 0.3 is 0 Å². The monoisotopic (exact) mass is 231 g/mol. The summed E-state index contributed by atoms with van der Waals surface area (Å²) < 4.78 is 7.07. The molecule has 0 fully saturated rings. The molecule has 1 atom stereocenters. The number of rotatable bonds is 4. The van der Waals surface area contributed by atoms with Crippen LogP contribution in [0.5, 0.6) is 5.75 Å². The van der Waals surface area contributed by atoms with Crippen LogP contribution in [0.1, 0.15) is 18.7 Å². The Balaban J connectivity index is 2.35. The molecule has 1 heterocycles. The van der Waals surface area contributed by atoms with Gasteiger partial charge in [0.05, 0.1) is 18.5 Å². The van der Waals surface area contributed by atoms with Gasteiger partial charge in [0.25, 0.3) is 0 Å². The first-order valence-corrected chi connectivity index (χ1v) is 5.62. The number of hydrogen-bond acceptors (Lipinski definition) is 3. The molecule has 90 valence electrons. The van der Waals surface area contributed by atoms with Crippen LogP contribution in [0.3, 0.4) is 0 Å². The van der Waals surface area contributed by atoms with Gasteiger partial charge in [-0.1, -0.05) is 0 Å². The molecule has 1 aromatic heterocycles. The van der Waals surface area contributed by atoms with Gasteiger partial charge in [0.15, 0.2) is 0 Å². The van der Waals surface area contributed by atoms with Crippen molar-refractivity contribution in [3.8, 4) is 11.4 Å². The molecule has 0 spiro atoms. The summed E-state index contributed by atoms with van der Waals surface area (Å²) in [6.45, 7) is 2.11. The number of nitrogens with one attached hydrogen (secondary N) is 1. The minimum absolute atomic E-state index is 0.264. The van der Waals surface area contributed by atoms with Gasteiger partial charge in [-0.2, -0.15) is 5.10 Å². The van der Waals surface area contributed by atoms with Gasteiger partial charge in [-0.25, -0.2) is 4.68 Å². The fourth-order valence-electron chi connectivity index (χ4n) is 1.73. The summed E-state index contributed by atoms with van der Waals surface area (Å²) in [6.07, 6.45) is 1.81. The van der Waals surface area contributed by atoms with Crippen molar-refractivity contribution in [2.24, 2.45) is 0 Å². The second-order valence-electron chi connectivity index (χ2n) is 3.88. The number of hydrogen-bond donors (Lipinski definition) is 1. The lowest BCUT2D eigenvalue weighted by molar-refractivity contribution is 0.414. The van der Waals surface area contributed by atoms with Crippen LogP contribution in [0, 0.1) is 0 Å². The van der Waals surface area contributed by atoms with E-state index in [4.69, 9.17) is 4.74 Å². The van der Waals surface area contributed by atoms with Crippen molar-refractivity contribution in [2.75, 3.05) is 14.2 Å². The first-order chi connectivity index (χ1) is 8.26. The summed E-state index contributed by atoms with van der Waals surface area (Å²) in [6, 6.07) is 10.1. The number of ether oxygens (including phenoxy) is 1. The van der Waals surface area contributed by atoms with Gasteiger partial charge in [0.2, 0.25) is 0 Å². The third kappa shape index (κ3) is 2.31. The van der Waals surface area contributed by atoms with Gasteiger partial charge in [-0.15, -0.1) is 0 Å². The minimum Gasteiger partial charge on any atom is -0.497 e. The lowest BCUT2D eigenvalue weighted by Gasteiger charge is -2.13. The molecule has 0 aliphatic rings. The van der Waals surface area contributed by atoms with E-state index >= 15 is 0 Å². The summed E-state index contributed by atoms with van der Waals surface area (Å²) in [5.74, 6) is 0.851. The first kappa shape index (κ1) is 11.7. The summed E-state index contributed by atoms with van der Waals surface area (Å²) in [4.78, 5) is 0. The quantitative estimate of drug-likeness (QED) is 0.876. The number of aromatic nitrogens is 2. The molecule has 0 aliphatic carbocycles. The smallest absolute Gasteiger partial charge is 0.119 e. The molecule has 1 N–H and O–H groups in total. The van der Waals surface area contributed by atoms with Gasteiger partial charge in [-0.05, 0) is 44.3 Å². The molecule has 0 saturated heterocycles. The van der Waals surface area contributed by atoms with Crippen molar-refractivity contribution in [3.05, 3.63) is 42.2 Å². The second-order valence-corrected chi connectivity index (χ2v) is 3.88. The first-order valence-electron chi connectivity index (χ1n) is 5.62. The molecule has 0 radical (unpaired) electrons. The third-order valence-electron chi connectivity index (χ3n) is 2.87. The van der Waals surface area contributed by atoms with E-state index < -0.39 is 0 Å². The maximum absolute atomic E-state index is 5.14. The average Bonchev–Trinajstić information content (AvgIpc) is 2.87. The highest BCUT2D eigenvalue weighted by Crippen LogP contribution is 2.19. The molecule has 0 bridgehead atoms. The van der Waals surface area contributed by atoms with Crippen LogP contribution >= 0.6 is 0 Å². The highest BCUT2D eigenvalue weighted by molar-refractivity contribution is 5.38. The van der Waals surface area contributed by atoms with Crippen LogP contribution in [0.2, 0.25) is 0 Å². The van der Waals surface area contributed by atoms with Gasteiger partial charge in [-0.3, -0.25) is 0 Å². The molecule has 2 rings (SSSR count). The fraction of sp³-hybridized carbons (Fsp3) is 0.308. The summed E-state index contributed by atoms with van der Waals surface area (Å²) in [5.41, 5.74) is 2.17. The maximum atomic E-state index is 5.14. The average molecular weight is 231 g/mol. The van der Waals surface area contributed by atoms with Crippen LogP contribution in [0.15, 0.2) is 36.5 Å². The summed E-state index contributed by atoms with van der Waals surface area (Å²) in [7, 11) is 3.60. The van der Waals surface area contributed by atoms with Crippen molar-refractivity contribution in [3.63, 3.8) is 0 Å². The zero-order valence-corrected chi connectivity index (χ0v) is 10.3. The normalized spacial score (nSPS) is 12.4. The van der Waals surface area contributed by atoms with Gasteiger partial charge < -0.3 is 10.1 Å². The maximum Gasteiger partial charge on any atom is 0.119 e. The predicted molar refractivity (Wildman–Crippen MR) is 67.6 cm³/mol. The van der Waals surface area contributed by atoms with Crippen molar-refractivity contribution in [1.29, 1.82) is 0 Å². The Labute approximate surface area is 101 Å². The number of methoxy groups -OCH3 is 1. The zero-order chi connectivity index (χ0) is 12.3. The van der Waals surface area contributed by atoms with E-state index in [2.05, 4.69) is 17.3 Å². The van der Waals surface area contributed by atoms with Crippen molar-refractivity contribution in [1.82, 2.24) is 15.1 Å². The SMILES string of the molecule is CNC(C)c1ccnn1-c1ccc(OC)cc1. The molecule has 0 aliphatic heterocycles. The molecule has 0 saturated carbocycles. The van der Waals surface area contributed by atoms with Crippen molar-refractivity contribution < 1.29 is 4.74 Å². The summed E-state index contributed by atoms with van der Waals surface area (Å²) in [5, 5.41) is 7.56. The van der Waals surface area contributed by atoms with E-state index in [0.29, 0.717) is 0 Å². The van der Waals surface area contributed by atoms with E-state index in [9.17, 15) is 0 Å². The number of benzene rings is 1. The van der Waals surface area contributed by atoms with E-state index in [1.54, 1.807) is 7.11 Å². The lowest BCUT2D eigenvalue weighted by atomic mass is 10.2. The molecule has 4 nitrogen and oxygen atoms in total. The van der Waals surface area contributed by atoms with Gasteiger partial charge in [0.1, 0.15) is 5.75 Å². The molecule has 2 aromatic rings. The van der Waals surface area contributed by atoms with E-state index in [1.807, 2.05) is 48.3 Å². The Morgan fingerprint density at radius 2 is 1.94 bits per heavy atom. The van der Waals surface area contributed by atoms with Crippen LogP contribution in [0.25, 0.3) is 5.69 Å². The summed E-state index contributed by atoms with van der Waals surface area (Å²) >= 11 is 0. The highest BCUT2D eigenvalue weighted by Gasteiger charge is 2.10.